The largest absolute Gasteiger partial charge is 0.507 e. The average molecular weight is 387 g/mol. The molecule has 0 amide bonds. The number of hydrogen-bond acceptors (Lipinski definition) is 4. The fourth-order valence-corrected chi connectivity index (χ4v) is 4.19. The number of pyridine rings is 2. The first kappa shape index (κ1) is 19.2. The summed E-state index contributed by atoms with van der Waals surface area (Å²) in [4.78, 5) is 20.3. The molecule has 1 unspecified atom stereocenters. The van der Waals surface area contributed by atoms with Gasteiger partial charge < -0.3 is 15.4 Å². The molecular formula is C24H25N3O2. The van der Waals surface area contributed by atoms with E-state index in [9.17, 15) is 9.90 Å². The number of hydrogen-bond donors (Lipinski definition) is 3. The van der Waals surface area contributed by atoms with Gasteiger partial charge in [0.15, 0.2) is 0 Å². The first-order valence-electron chi connectivity index (χ1n) is 9.82. The van der Waals surface area contributed by atoms with E-state index >= 15 is 0 Å². The van der Waals surface area contributed by atoms with E-state index in [-0.39, 0.29) is 11.3 Å². The van der Waals surface area contributed by atoms with E-state index < -0.39 is 0 Å². The molecule has 0 aliphatic carbocycles. The Morgan fingerprint density at radius 3 is 2.48 bits per heavy atom. The number of H-pyrrole nitrogens is 1. The van der Waals surface area contributed by atoms with E-state index in [1.165, 1.54) is 5.56 Å². The number of rotatable bonds is 4. The predicted molar refractivity (Wildman–Crippen MR) is 119 cm³/mol. The van der Waals surface area contributed by atoms with Crippen LogP contribution in [0.25, 0.3) is 32.8 Å². The third-order valence-electron chi connectivity index (χ3n) is 5.62. The van der Waals surface area contributed by atoms with E-state index in [1.54, 1.807) is 12.1 Å². The minimum absolute atomic E-state index is 0.0139. The Balaban J connectivity index is 2.05. The smallest absolute Gasteiger partial charge is 0.260 e. The van der Waals surface area contributed by atoms with Gasteiger partial charge in [-0.1, -0.05) is 43.3 Å². The van der Waals surface area contributed by atoms with E-state index in [4.69, 9.17) is 4.98 Å². The number of aromatic nitrogens is 2. The minimum atomic E-state index is -0.304. The molecule has 29 heavy (non-hydrogen) atoms. The number of likely N-dealkylation sites (N-methyl/N-ethyl adjacent to an activating group) is 1. The van der Waals surface area contributed by atoms with E-state index in [0.29, 0.717) is 16.8 Å². The second kappa shape index (κ2) is 7.33. The van der Waals surface area contributed by atoms with Crippen LogP contribution in [0.15, 0.2) is 47.3 Å². The van der Waals surface area contributed by atoms with E-state index in [2.05, 4.69) is 41.5 Å². The number of fused-ring (bicyclic) bond motifs is 3. The maximum Gasteiger partial charge on any atom is 0.260 e. The summed E-state index contributed by atoms with van der Waals surface area (Å²) in [6, 6.07) is 13.7. The Labute approximate surface area is 169 Å². The summed E-state index contributed by atoms with van der Waals surface area (Å²) < 4.78 is 0. The van der Waals surface area contributed by atoms with Gasteiger partial charge in [-0.25, -0.2) is 0 Å². The van der Waals surface area contributed by atoms with Gasteiger partial charge in [-0.2, -0.15) is 0 Å². The molecule has 0 bridgehead atoms. The average Bonchev–Trinajstić information content (AvgIpc) is 2.69. The molecule has 5 heteroatoms. The Morgan fingerprint density at radius 1 is 1.07 bits per heavy atom. The van der Waals surface area contributed by atoms with Gasteiger partial charge in [0.25, 0.3) is 5.56 Å². The number of nitrogens with one attached hydrogen (secondary N) is 2. The van der Waals surface area contributed by atoms with Crippen LogP contribution >= 0.6 is 0 Å². The first-order valence-corrected chi connectivity index (χ1v) is 9.82. The van der Waals surface area contributed by atoms with Crippen LogP contribution in [-0.2, 0) is 0 Å². The molecule has 4 aromatic rings. The molecule has 2 heterocycles. The number of benzene rings is 2. The lowest BCUT2D eigenvalue weighted by atomic mass is 9.92. The third kappa shape index (κ3) is 3.17. The van der Waals surface area contributed by atoms with Crippen molar-refractivity contribution in [3.05, 3.63) is 69.8 Å². The molecule has 5 nitrogen and oxygen atoms in total. The maximum atomic E-state index is 12.6. The van der Waals surface area contributed by atoms with Crippen molar-refractivity contribution >= 4 is 21.7 Å². The summed E-state index contributed by atoms with van der Waals surface area (Å²) in [7, 11) is 1.96. The quantitative estimate of drug-likeness (QED) is 0.454. The van der Waals surface area contributed by atoms with Crippen LogP contribution < -0.4 is 10.9 Å². The Kier molecular flexibility index (Phi) is 4.84. The van der Waals surface area contributed by atoms with Crippen molar-refractivity contribution in [3.63, 3.8) is 0 Å². The second-order valence-electron chi connectivity index (χ2n) is 7.64. The van der Waals surface area contributed by atoms with Crippen molar-refractivity contribution in [3.8, 4) is 16.9 Å². The zero-order valence-corrected chi connectivity index (χ0v) is 17.1. The Bertz CT molecular complexity index is 1270. The monoisotopic (exact) mass is 387 g/mol. The van der Waals surface area contributed by atoms with Crippen molar-refractivity contribution in [2.45, 2.75) is 26.7 Å². The number of aromatic hydroxyl groups is 1. The van der Waals surface area contributed by atoms with Gasteiger partial charge in [-0.3, -0.25) is 9.78 Å². The summed E-state index contributed by atoms with van der Waals surface area (Å²) >= 11 is 0. The molecule has 1 atom stereocenters. The molecule has 2 aromatic carbocycles. The van der Waals surface area contributed by atoms with Crippen molar-refractivity contribution < 1.29 is 5.11 Å². The highest BCUT2D eigenvalue weighted by Gasteiger charge is 2.18. The zero-order chi connectivity index (χ0) is 20.7. The van der Waals surface area contributed by atoms with Crippen LogP contribution in [0.2, 0.25) is 0 Å². The van der Waals surface area contributed by atoms with Crippen molar-refractivity contribution in [1.29, 1.82) is 0 Å². The molecule has 4 rings (SSSR count). The number of phenolic OH excluding ortho intramolecular Hbond substituents is 1. The van der Waals surface area contributed by atoms with Gasteiger partial charge in [-0.15, -0.1) is 0 Å². The molecule has 0 radical (unpaired) electrons. The summed E-state index contributed by atoms with van der Waals surface area (Å²) in [5.74, 6) is 0.400. The normalized spacial score (nSPS) is 12.6. The predicted octanol–water partition coefficient (Wildman–Crippen LogP) is 4.39. The molecule has 0 aliphatic rings. The Morgan fingerprint density at radius 2 is 1.79 bits per heavy atom. The van der Waals surface area contributed by atoms with Gasteiger partial charge in [0, 0.05) is 28.6 Å². The summed E-state index contributed by atoms with van der Waals surface area (Å²) in [6.07, 6.45) is 0. The lowest BCUT2D eigenvalue weighted by Crippen LogP contribution is -2.14. The molecule has 3 N–H and O–H groups in total. The molecule has 0 spiro atoms. The minimum Gasteiger partial charge on any atom is -0.507 e. The lowest BCUT2D eigenvalue weighted by molar-refractivity contribution is 0.481. The molecule has 0 saturated heterocycles. The highest BCUT2D eigenvalue weighted by molar-refractivity contribution is 6.14. The van der Waals surface area contributed by atoms with Crippen LogP contribution in [0.1, 0.15) is 29.8 Å². The lowest BCUT2D eigenvalue weighted by Gasteiger charge is -2.16. The summed E-state index contributed by atoms with van der Waals surface area (Å²) in [6.45, 7) is 6.99. The number of nitrogens with zero attached hydrogens (tertiary/aromatic N) is 1. The Hall–Kier alpha value is -3.18. The van der Waals surface area contributed by atoms with Crippen molar-refractivity contribution in [2.75, 3.05) is 13.6 Å². The first-order chi connectivity index (χ1) is 13.9. The van der Waals surface area contributed by atoms with Crippen LogP contribution in [0.4, 0.5) is 0 Å². The third-order valence-corrected chi connectivity index (χ3v) is 5.62. The van der Waals surface area contributed by atoms with Crippen LogP contribution in [0.5, 0.6) is 5.75 Å². The maximum absolute atomic E-state index is 12.6. The van der Waals surface area contributed by atoms with E-state index in [1.807, 2.05) is 27.0 Å². The van der Waals surface area contributed by atoms with Crippen LogP contribution in [0.3, 0.4) is 0 Å². The number of aromatic amines is 1. The summed E-state index contributed by atoms with van der Waals surface area (Å²) in [5, 5.41) is 15.5. The number of aryl methyl sites for hydroxylation is 2. The highest BCUT2D eigenvalue weighted by atomic mass is 16.3. The second-order valence-corrected chi connectivity index (χ2v) is 7.64. The van der Waals surface area contributed by atoms with Crippen molar-refractivity contribution in [2.24, 2.45) is 0 Å². The molecule has 0 fully saturated rings. The SMILES string of the molecule is CNCC(C)c1ccc(-c2c(C)nc(C)c3[nH]c(=O)c4c(O)cccc4c23)cc1. The highest BCUT2D eigenvalue weighted by Crippen LogP contribution is 2.37. The molecular weight excluding hydrogens is 362 g/mol. The molecule has 0 aliphatic heterocycles. The van der Waals surface area contributed by atoms with Gasteiger partial charge in [0.1, 0.15) is 5.75 Å². The topological polar surface area (TPSA) is 78.0 Å². The van der Waals surface area contributed by atoms with Gasteiger partial charge in [0.2, 0.25) is 0 Å². The molecule has 0 saturated carbocycles. The van der Waals surface area contributed by atoms with Gasteiger partial charge in [0.05, 0.1) is 16.6 Å². The van der Waals surface area contributed by atoms with E-state index in [0.717, 1.165) is 39.8 Å². The van der Waals surface area contributed by atoms with Crippen LogP contribution in [0, 0.1) is 13.8 Å². The standard InChI is InChI=1S/C24H25N3O2/c1-13(12-25-4)16-8-10-17(11-9-16)20-14(2)26-15(3)23-22(20)18-6-5-7-19(28)21(18)24(29)27-23/h5-11,13,25,28H,12H2,1-4H3,(H,27,29). The summed E-state index contributed by atoms with van der Waals surface area (Å²) in [5.41, 5.74) is 5.34. The number of phenols is 1. The zero-order valence-electron chi connectivity index (χ0n) is 17.1. The molecule has 2 aromatic heterocycles. The van der Waals surface area contributed by atoms with Gasteiger partial charge >= 0.3 is 0 Å². The fourth-order valence-electron chi connectivity index (χ4n) is 4.19. The van der Waals surface area contributed by atoms with Gasteiger partial charge in [-0.05, 0) is 44.0 Å². The fraction of sp³-hybridized carbons (Fsp3) is 0.250. The van der Waals surface area contributed by atoms with Crippen LogP contribution in [-0.4, -0.2) is 28.7 Å². The molecule has 148 valence electrons. The van der Waals surface area contributed by atoms with Crippen molar-refractivity contribution in [1.82, 2.24) is 15.3 Å².